The highest BCUT2D eigenvalue weighted by atomic mass is 16.7. The third-order valence-electron chi connectivity index (χ3n) is 4.69. The van der Waals surface area contributed by atoms with Gasteiger partial charge >= 0.3 is 7.12 Å². The van der Waals surface area contributed by atoms with Gasteiger partial charge in [-0.3, -0.25) is 0 Å². The summed E-state index contributed by atoms with van der Waals surface area (Å²) in [5.74, 6) is 1.13. The Morgan fingerprint density at radius 1 is 1.00 bits per heavy atom. The van der Waals surface area contributed by atoms with Gasteiger partial charge in [0, 0.05) is 5.82 Å². The fourth-order valence-corrected chi connectivity index (χ4v) is 2.66. The largest absolute Gasteiger partial charge is 0.461 e. The summed E-state index contributed by atoms with van der Waals surface area (Å²) >= 11 is 0. The van der Waals surface area contributed by atoms with E-state index in [-0.39, 0.29) is 18.3 Å². The monoisotopic (exact) mass is 244 g/mol. The third-order valence-corrected chi connectivity index (χ3v) is 4.69. The van der Waals surface area contributed by atoms with Crippen molar-refractivity contribution in [1.82, 2.24) is 0 Å². The number of hydrogen-bond acceptors (Lipinski definition) is 2. The summed E-state index contributed by atoms with van der Waals surface area (Å²) in [7, 11) is -0.0415. The van der Waals surface area contributed by atoms with Gasteiger partial charge in [-0.05, 0) is 45.6 Å². The fraction of sp³-hybridized carbons (Fsp3) is 0.600. The van der Waals surface area contributed by atoms with Gasteiger partial charge in [0.2, 0.25) is 0 Å². The molecule has 1 unspecified atom stereocenters. The molecule has 0 aromatic heterocycles. The van der Waals surface area contributed by atoms with Crippen molar-refractivity contribution < 1.29 is 9.31 Å². The van der Waals surface area contributed by atoms with Crippen molar-refractivity contribution in [2.24, 2.45) is 0 Å². The summed E-state index contributed by atoms with van der Waals surface area (Å²) in [6.45, 7) is 8.47. The Hall–Kier alpha value is -0.795. The van der Waals surface area contributed by atoms with Gasteiger partial charge < -0.3 is 9.31 Å². The molecule has 0 bridgehead atoms. The van der Waals surface area contributed by atoms with Gasteiger partial charge in [-0.1, -0.05) is 30.3 Å². The Morgan fingerprint density at radius 2 is 1.56 bits per heavy atom. The van der Waals surface area contributed by atoms with Crippen molar-refractivity contribution in [2.45, 2.75) is 57.1 Å². The lowest BCUT2D eigenvalue weighted by atomic mass is 9.79. The Kier molecular flexibility index (Phi) is 2.62. The normalized spacial score (nSPS) is 32.6. The Balaban J connectivity index is 1.70. The van der Waals surface area contributed by atoms with E-state index in [1.165, 1.54) is 12.0 Å². The van der Waals surface area contributed by atoms with E-state index in [1.54, 1.807) is 0 Å². The predicted molar refractivity (Wildman–Crippen MR) is 73.6 cm³/mol. The topological polar surface area (TPSA) is 18.5 Å². The van der Waals surface area contributed by atoms with Crippen molar-refractivity contribution in [3.8, 4) is 0 Å². The first-order valence-electron chi connectivity index (χ1n) is 6.81. The maximum absolute atomic E-state index is 6.12. The zero-order chi connectivity index (χ0) is 13.0. The summed E-state index contributed by atoms with van der Waals surface area (Å²) in [6, 6.07) is 10.7. The van der Waals surface area contributed by atoms with E-state index in [0.717, 1.165) is 0 Å². The van der Waals surface area contributed by atoms with Gasteiger partial charge in [-0.25, -0.2) is 0 Å². The van der Waals surface area contributed by atoms with Crippen LogP contribution < -0.4 is 0 Å². The molecule has 1 aromatic rings. The second-order valence-electron chi connectivity index (χ2n) is 6.54. The summed E-state index contributed by atoms with van der Waals surface area (Å²) in [4.78, 5) is 0. The zero-order valence-corrected chi connectivity index (χ0v) is 11.6. The lowest BCUT2D eigenvalue weighted by molar-refractivity contribution is 0.00578. The quantitative estimate of drug-likeness (QED) is 0.739. The molecule has 3 rings (SSSR count). The third kappa shape index (κ3) is 1.90. The van der Waals surface area contributed by atoms with Crippen LogP contribution in [-0.2, 0) is 9.31 Å². The minimum atomic E-state index is -0.207. The van der Waals surface area contributed by atoms with Crippen LogP contribution in [0.3, 0.4) is 0 Å². The van der Waals surface area contributed by atoms with E-state index in [9.17, 15) is 0 Å². The van der Waals surface area contributed by atoms with Gasteiger partial charge in [0.1, 0.15) is 0 Å². The predicted octanol–water partition coefficient (Wildman–Crippen LogP) is 3.64. The molecule has 1 saturated carbocycles. The van der Waals surface area contributed by atoms with E-state index < -0.39 is 0 Å². The van der Waals surface area contributed by atoms with E-state index in [4.69, 9.17) is 9.31 Å². The van der Waals surface area contributed by atoms with Crippen molar-refractivity contribution in [3.05, 3.63) is 35.9 Å². The summed E-state index contributed by atoms with van der Waals surface area (Å²) < 4.78 is 12.2. The van der Waals surface area contributed by atoms with E-state index in [0.29, 0.717) is 11.7 Å². The van der Waals surface area contributed by atoms with Crippen molar-refractivity contribution >= 4 is 7.12 Å². The molecule has 1 saturated heterocycles. The van der Waals surface area contributed by atoms with Gasteiger partial charge in [0.05, 0.1) is 11.2 Å². The molecule has 0 radical (unpaired) electrons. The van der Waals surface area contributed by atoms with Crippen LogP contribution in [0.25, 0.3) is 0 Å². The SMILES string of the molecule is CC1(C)OB([C@H]2CC2c2ccccc2)OC1(C)C. The summed E-state index contributed by atoms with van der Waals surface area (Å²) in [5, 5.41) is 0. The minimum Gasteiger partial charge on any atom is -0.403 e. The maximum Gasteiger partial charge on any atom is 0.461 e. The average molecular weight is 244 g/mol. The number of rotatable bonds is 2. The molecule has 18 heavy (non-hydrogen) atoms. The molecule has 0 spiro atoms. The zero-order valence-electron chi connectivity index (χ0n) is 11.6. The molecule has 2 nitrogen and oxygen atoms in total. The van der Waals surface area contributed by atoms with Crippen molar-refractivity contribution in [2.75, 3.05) is 0 Å². The highest BCUT2D eigenvalue weighted by Gasteiger charge is 2.59. The minimum absolute atomic E-state index is 0.0415. The molecular formula is C15H21BO2. The first kappa shape index (κ1) is 12.2. The van der Waals surface area contributed by atoms with Crippen LogP contribution in [0.15, 0.2) is 30.3 Å². The molecule has 1 aliphatic heterocycles. The van der Waals surface area contributed by atoms with Crippen LogP contribution in [0, 0.1) is 0 Å². The molecule has 1 aromatic carbocycles. The van der Waals surface area contributed by atoms with Crippen LogP contribution in [0.5, 0.6) is 0 Å². The summed E-state index contributed by atoms with van der Waals surface area (Å²) in [5.41, 5.74) is 1.00. The van der Waals surface area contributed by atoms with Crippen molar-refractivity contribution in [3.63, 3.8) is 0 Å². The summed E-state index contributed by atoms with van der Waals surface area (Å²) in [6.07, 6.45) is 1.18. The Bertz CT molecular complexity index is 425. The molecule has 2 aliphatic rings. The lowest BCUT2D eigenvalue weighted by Crippen LogP contribution is -2.41. The fourth-order valence-electron chi connectivity index (χ4n) is 2.66. The smallest absolute Gasteiger partial charge is 0.403 e. The van der Waals surface area contributed by atoms with Gasteiger partial charge in [-0.15, -0.1) is 0 Å². The molecular weight excluding hydrogens is 223 g/mol. The molecule has 0 amide bonds. The average Bonchev–Trinajstić information content (AvgIpc) is 3.04. The van der Waals surface area contributed by atoms with Crippen LogP contribution in [0.4, 0.5) is 0 Å². The van der Waals surface area contributed by atoms with Gasteiger partial charge in [-0.2, -0.15) is 0 Å². The Labute approximate surface area is 110 Å². The molecule has 0 N–H and O–H groups in total. The van der Waals surface area contributed by atoms with Crippen LogP contribution >= 0.6 is 0 Å². The standard InChI is InChI=1S/C15H21BO2/c1-14(2)15(3,4)18-16(17-14)13-10-12(13)11-8-6-5-7-9-11/h5-9,12-13H,10H2,1-4H3/t12?,13-/m0/s1. The molecule has 1 aliphatic carbocycles. The van der Waals surface area contributed by atoms with E-state index >= 15 is 0 Å². The second-order valence-corrected chi connectivity index (χ2v) is 6.54. The first-order chi connectivity index (χ1) is 8.41. The van der Waals surface area contributed by atoms with E-state index in [2.05, 4.69) is 58.0 Å². The highest BCUT2D eigenvalue weighted by Crippen LogP contribution is 2.58. The number of hydrogen-bond donors (Lipinski definition) is 0. The lowest BCUT2D eigenvalue weighted by Gasteiger charge is -2.32. The number of benzene rings is 1. The Morgan fingerprint density at radius 3 is 2.11 bits per heavy atom. The van der Waals surface area contributed by atoms with Gasteiger partial charge in [0.25, 0.3) is 0 Å². The highest BCUT2D eigenvalue weighted by molar-refractivity contribution is 6.49. The van der Waals surface area contributed by atoms with Crippen LogP contribution in [0.1, 0.15) is 45.6 Å². The van der Waals surface area contributed by atoms with Crippen molar-refractivity contribution in [1.29, 1.82) is 0 Å². The molecule has 3 heteroatoms. The maximum atomic E-state index is 6.12. The van der Waals surface area contributed by atoms with Gasteiger partial charge in [0.15, 0.2) is 0 Å². The molecule has 96 valence electrons. The second kappa shape index (κ2) is 3.85. The van der Waals surface area contributed by atoms with E-state index in [1.807, 2.05) is 0 Å². The molecule has 2 fully saturated rings. The molecule has 1 heterocycles. The van der Waals surface area contributed by atoms with Crippen LogP contribution in [-0.4, -0.2) is 18.3 Å². The first-order valence-corrected chi connectivity index (χ1v) is 6.81. The van der Waals surface area contributed by atoms with Crippen LogP contribution in [0.2, 0.25) is 5.82 Å². The molecule has 2 atom stereocenters.